The van der Waals surface area contributed by atoms with Crippen LogP contribution in [0.5, 0.6) is 11.5 Å². The second-order valence-corrected chi connectivity index (χ2v) is 8.79. The van der Waals surface area contributed by atoms with Crippen molar-refractivity contribution in [3.63, 3.8) is 0 Å². The number of carbonyl (C=O) groups is 1. The molecule has 0 aliphatic carbocycles. The molecule has 4 rings (SSSR count). The summed E-state index contributed by atoms with van der Waals surface area (Å²) in [6.07, 6.45) is 1.49. The van der Waals surface area contributed by atoms with Gasteiger partial charge in [-0.3, -0.25) is 4.79 Å². The lowest BCUT2D eigenvalue weighted by Gasteiger charge is -2.10. The van der Waals surface area contributed by atoms with Crippen molar-refractivity contribution in [1.29, 1.82) is 5.26 Å². The van der Waals surface area contributed by atoms with Crippen LogP contribution in [-0.2, 0) is 18.0 Å². The first-order valence-corrected chi connectivity index (χ1v) is 12.1. The second-order valence-electron chi connectivity index (χ2n) is 8.39. The summed E-state index contributed by atoms with van der Waals surface area (Å²) in [6.45, 7) is 2.87. The van der Waals surface area contributed by atoms with E-state index in [-0.39, 0.29) is 5.57 Å². The molecule has 1 N–H and O–H groups in total. The van der Waals surface area contributed by atoms with Gasteiger partial charge in [-0.15, -0.1) is 0 Å². The minimum absolute atomic E-state index is 0.0474. The van der Waals surface area contributed by atoms with Crippen molar-refractivity contribution in [2.75, 3.05) is 5.32 Å². The van der Waals surface area contributed by atoms with E-state index >= 15 is 0 Å². The number of anilines is 1. The van der Waals surface area contributed by atoms with Gasteiger partial charge in [-0.2, -0.15) is 5.26 Å². The highest BCUT2D eigenvalue weighted by atomic mass is 35.5. The Kier molecular flexibility index (Phi) is 8.59. The number of aryl methyl sites for hydroxylation is 1. The molecule has 37 heavy (non-hydrogen) atoms. The lowest BCUT2D eigenvalue weighted by Crippen LogP contribution is -2.13. The first-order valence-electron chi connectivity index (χ1n) is 11.7. The number of hydrogen-bond acceptors (Lipinski definition) is 4. The van der Waals surface area contributed by atoms with Crippen LogP contribution in [0.2, 0.25) is 5.02 Å². The highest BCUT2D eigenvalue weighted by Gasteiger charge is 2.11. The molecule has 1 amide bonds. The number of nitrogens with one attached hydrogen (secondary N) is 1. The lowest BCUT2D eigenvalue weighted by molar-refractivity contribution is -0.112. The van der Waals surface area contributed by atoms with E-state index in [1.807, 2.05) is 67.6 Å². The Morgan fingerprint density at radius 1 is 0.892 bits per heavy atom. The summed E-state index contributed by atoms with van der Waals surface area (Å²) >= 11 is 6.39. The van der Waals surface area contributed by atoms with E-state index in [9.17, 15) is 10.1 Å². The smallest absolute Gasteiger partial charge is 0.266 e. The SMILES string of the molecule is Cc1ccc(COc2ccc(/C=C(\C#N)C(=O)Nc3ccc(OCc4ccccc4)cc3)cc2Cl)cc1. The molecule has 0 aliphatic rings. The van der Waals surface area contributed by atoms with E-state index < -0.39 is 5.91 Å². The number of ether oxygens (including phenoxy) is 2. The first-order chi connectivity index (χ1) is 18.0. The Hall–Kier alpha value is -4.53. The predicted octanol–water partition coefficient (Wildman–Crippen LogP) is 7.35. The number of benzene rings is 4. The van der Waals surface area contributed by atoms with Gasteiger partial charge in [-0.05, 0) is 66.1 Å². The molecular weight excluding hydrogens is 484 g/mol. The summed E-state index contributed by atoms with van der Waals surface area (Å²) in [5.74, 6) is 0.686. The van der Waals surface area contributed by atoms with Crippen LogP contribution < -0.4 is 14.8 Å². The first kappa shape index (κ1) is 25.6. The molecule has 5 nitrogen and oxygen atoms in total. The minimum Gasteiger partial charge on any atom is -0.489 e. The zero-order chi connectivity index (χ0) is 26.0. The van der Waals surface area contributed by atoms with Crippen LogP contribution in [0.4, 0.5) is 5.69 Å². The highest BCUT2D eigenvalue weighted by molar-refractivity contribution is 6.32. The van der Waals surface area contributed by atoms with Crippen LogP contribution in [0.25, 0.3) is 6.08 Å². The molecule has 0 heterocycles. The molecule has 0 spiro atoms. The number of amides is 1. The second kappa shape index (κ2) is 12.4. The molecule has 0 aromatic heterocycles. The van der Waals surface area contributed by atoms with Crippen LogP contribution in [0.3, 0.4) is 0 Å². The number of nitriles is 1. The van der Waals surface area contributed by atoms with Crippen LogP contribution in [0.1, 0.15) is 22.3 Å². The molecule has 0 aliphatic heterocycles. The Morgan fingerprint density at radius 3 is 2.24 bits per heavy atom. The molecule has 0 unspecified atom stereocenters. The number of hydrogen-bond donors (Lipinski definition) is 1. The average molecular weight is 509 g/mol. The van der Waals surface area contributed by atoms with Gasteiger partial charge in [0.25, 0.3) is 5.91 Å². The van der Waals surface area contributed by atoms with Gasteiger partial charge in [-0.25, -0.2) is 0 Å². The summed E-state index contributed by atoms with van der Waals surface area (Å²) in [4.78, 5) is 12.7. The maximum absolute atomic E-state index is 12.7. The maximum Gasteiger partial charge on any atom is 0.266 e. The molecule has 0 bridgehead atoms. The van der Waals surface area contributed by atoms with Gasteiger partial charge in [-0.1, -0.05) is 77.8 Å². The summed E-state index contributed by atoms with van der Waals surface area (Å²) in [5.41, 5.74) is 4.40. The molecule has 4 aromatic rings. The van der Waals surface area contributed by atoms with Gasteiger partial charge in [0.1, 0.15) is 36.4 Å². The summed E-state index contributed by atoms with van der Waals surface area (Å²) in [7, 11) is 0. The molecule has 0 atom stereocenters. The standard InChI is InChI=1S/C31H25ClN2O3/c1-22-7-9-24(10-8-22)21-37-30-16-11-25(18-29(30)32)17-26(19-33)31(35)34-27-12-14-28(15-13-27)36-20-23-5-3-2-4-6-23/h2-18H,20-21H2,1H3,(H,34,35)/b26-17+. The zero-order valence-electron chi connectivity index (χ0n) is 20.3. The minimum atomic E-state index is -0.517. The molecular formula is C31H25ClN2O3. The quantitative estimate of drug-likeness (QED) is 0.189. The maximum atomic E-state index is 12.7. The lowest BCUT2D eigenvalue weighted by atomic mass is 10.1. The largest absolute Gasteiger partial charge is 0.489 e. The predicted molar refractivity (Wildman–Crippen MR) is 146 cm³/mol. The fourth-order valence-electron chi connectivity index (χ4n) is 3.46. The van der Waals surface area contributed by atoms with Crippen molar-refractivity contribution < 1.29 is 14.3 Å². The Labute approximate surface area is 221 Å². The zero-order valence-corrected chi connectivity index (χ0v) is 21.0. The fraction of sp³-hybridized carbons (Fsp3) is 0.0968. The Morgan fingerprint density at radius 2 is 1.57 bits per heavy atom. The average Bonchev–Trinajstić information content (AvgIpc) is 2.92. The number of halogens is 1. The number of rotatable bonds is 9. The van der Waals surface area contributed by atoms with E-state index in [0.717, 1.165) is 11.1 Å². The summed E-state index contributed by atoms with van der Waals surface area (Å²) < 4.78 is 11.6. The summed E-state index contributed by atoms with van der Waals surface area (Å²) in [6, 6.07) is 32.0. The third kappa shape index (κ3) is 7.47. The molecule has 184 valence electrons. The number of nitrogens with zero attached hydrogens (tertiary/aromatic N) is 1. The molecule has 0 radical (unpaired) electrons. The van der Waals surface area contributed by atoms with Crippen LogP contribution >= 0.6 is 11.6 Å². The van der Waals surface area contributed by atoms with E-state index in [4.69, 9.17) is 21.1 Å². The van der Waals surface area contributed by atoms with E-state index in [1.165, 1.54) is 11.6 Å². The van der Waals surface area contributed by atoms with Gasteiger partial charge in [0, 0.05) is 5.69 Å². The Balaban J connectivity index is 1.35. The number of carbonyl (C=O) groups excluding carboxylic acids is 1. The van der Waals surface area contributed by atoms with Crippen LogP contribution in [-0.4, -0.2) is 5.91 Å². The molecule has 6 heteroatoms. The third-order valence-electron chi connectivity index (χ3n) is 5.51. The van der Waals surface area contributed by atoms with Crippen molar-refractivity contribution in [3.05, 3.63) is 130 Å². The van der Waals surface area contributed by atoms with E-state index in [0.29, 0.717) is 41.0 Å². The normalized spacial score (nSPS) is 10.9. The van der Waals surface area contributed by atoms with Gasteiger partial charge in [0.05, 0.1) is 5.02 Å². The van der Waals surface area contributed by atoms with E-state index in [1.54, 1.807) is 42.5 Å². The van der Waals surface area contributed by atoms with Crippen molar-refractivity contribution >= 4 is 29.3 Å². The van der Waals surface area contributed by atoms with Crippen molar-refractivity contribution in [3.8, 4) is 17.6 Å². The van der Waals surface area contributed by atoms with Crippen molar-refractivity contribution in [1.82, 2.24) is 0 Å². The van der Waals surface area contributed by atoms with Crippen LogP contribution in [0.15, 0.2) is 103 Å². The molecule has 0 saturated heterocycles. The third-order valence-corrected chi connectivity index (χ3v) is 5.80. The monoisotopic (exact) mass is 508 g/mol. The van der Waals surface area contributed by atoms with Gasteiger partial charge >= 0.3 is 0 Å². The van der Waals surface area contributed by atoms with Gasteiger partial charge in [0.15, 0.2) is 0 Å². The Bertz CT molecular complexity index is 1420. The molecule has 4 aromatic carbocycles. The summed E-state index contributed by atoms with van der Waals surface area (Å²) in [5, 5.41) is 12.7. The van der Waals surface area contributed by atoms with Gasteiger partial charge < -0.3 is 14.8 Å². The van der Waals surface area contributed by atoms with Crippen molar-refractivity contribution in [2.24, 2.45) is 0 Å². The molecule has 0 saturated carbocycles. The topological polar surface area (TPSA) is 71.3 Å². The van der Waals surface area contributed by atoms with Crippen LogP contribution in [0, 0.1) is 18.3 Å². The highest BCUT2D eigenvalue weighted by Crippen LogP contribution is 2.27. The fourth-order valence-corrected chi connectivity index (χ4v) is 3.70. The van der Waals surface area contributed by atoms with Crippen molar-refractivity contribution in [2.45, 2.75) is 20.1 Å². The molecule has 0 fully saturated rings. The van der Waals surface area contributed by atoms with E-state index in [2.05, 4.69) is 5.32 Å². The van der Waals surface area contributed by atoms with Gasteiger partial charge in [0.2, 0.25) is 0 Å².